The molecule has 76 valence electrons. The van der Waals surface area contributed by atoms with Crippen molar-refractivity contribution in [2.24, 2.45) is 0 Å². The Morgan fingerprint density at radius 1 is 1.62 bits per heavy atom. The predicted molar refractivity (Wildman–Crippen MR) is 47.9 cm³/mol. The molecule has 0 aromatic heterocycles. The number of phosphoric ester groups is 1. The molecule has 0 aromatic rings. The van der Waals surface area contributed by atoms with Crippen molar-refractivity contribution in [2.75, 3.05) is 6.61 Å². The molecule has 1 saturated heterocycles. The van der Waals surface area contributed by atoms with E-state index < -0.39 is 13.9 Å². The van der Waals surface area contributed by atoms with E-state index in [0.717, 1.165) is 0 Å². The van der Waals surface area contributed by atoms with Gasteiger partial charge in [-0.05, 0) is 12.4 Å². The summed E-state index contributed by atoms with van der Waals surface area (Å²) in [6.45, 7) is -0.171. The Morgan fingerprint density at radius 2 is 2.23 bits per heavy atom. The number of aliphatic hydroxyl groups is 1. The van der Waals surface area contributed by atoms with Crippen LogP contribution >= 0.6 is 7.82 Å². The van der Waals surface area contributed by atoms with E-state index in [9.17, 15) is 9.67 Å². The third-order valence-electron chi connectivity index (χ3n) is 1.98. The van der Waals surface area contributed by atoms with E-state index in [2.05, 4.69) is 9.84 Å². The Morgan fingerprint density at radius 3 is 2.62 bits per heavy atom. The van der Waals surface area contributed by atoms with Crippen molar-refractivity contribution in [3.8, 4) is 0 Å². The van der Waals surface area contributed by atoms with Gasteiger partial charge in [-0.15, -0.1) is 0 Å². The first-order valence-corrected chi connectivity index (χ1v) is 5.56. The minimum Gasteiger partial charge on any atom is -0.391 e. The van der Waals surface area contributed by atoms with Gasteiger partial charge in [-0.25, -0.2) is 4.57 Å². The molecule has 0 radical (unpaired) electrons. The van der Waals surface area contributed by atoms with Crippen LogP contribution in [0.1, 0.15) is 6.42 Å². The number of nitrogens with one attached hydrogen (secondary N) is 1. The first kappa shape index (κ1) is 11.2. The van der Waals surface area contributed by atoms with Crippen molar-refractivity contribution in [1.82, 2.24) is 5.32 Å². The smallest absolute Gasteiger partial charge is 0.391 e. The van der Waals surface area contributed by atoms with Crippen LogP contribution in [-0.2, 0) is 9.09 Å². The van der Waals surface area contributed by atoms with Crippen molar-refractivity contribution in [3.05, 3.63) is 0 Å². The van der Waals surface area contributed by atoms with Crippen LogP contribution in [0.2, 0.25) is 0 Å². The van der Waals surface area contributed by atoms with E-state index in [-0.39, 0.29) is 18.6 Å². The zero-order chi connectivity index (χ0) is 10.1. The standard InChI is InChI=1S/C5H13BNO5P/c6-5-1-4(8)3(7-5)2-12-13(9,10)11/h3-5,7-8H,1-2,6H2,(H2,9,10,11)/t3-,4+,5-/m1/s1. The third kappa shape index (κ3) is 3.76. The van der Waals surface area contributed by atoms with Gasteiger partial charge < -0.3 is 20.2 Å². The molecule has 3 atom stereocenters. The van der Waals surface area contributed by atoms with Gasteiger partial charge >= 0.3 is 7.82 Å². The van der Waals surface area contributed by atoms with Gasteiger partial charge in [0.1, 0.15) is 7.85 Å². The van der Waals surface area contributed by atoms with Gasteiger partial charge in [0.05, 0.1) is 18.8 Å². The number of aliphatic hydroxyl groups excluding tert-OH is 1. The maximum Gasteiger partial charge on any atom is 0.469 e. The molecular weight excluding hydrogens is 196 g/mol. The molecule has 0 unspecified atom stereocenters. The summed E-state index contributed by atoms with van der Waals surface area (Å²) in [4.78, 5) is 16.8. The number of phosphoric acid groups is 1. The molecule has 0 bridgehead atoms. The van der Waals surface area contributed by atoms with Crippen LogP contribution in [0.15, 0.2) is 0 Å². The van der Waals surface area contributed by atoms with Gasteiger partial charge in [-0.2, -0.15) is 0 Å². The SMILES string of the molecule is B[C@H]1C[C@H](O)[C@@H](COP(=O)(O)O)N1. The Kier molecular flexibility index (Phi) is 3.51. The molecule has 1 fully saturated rings. The second-order valence-electron chi connectivity index (χ2n) is 3.26. The quantitative estimate of drug-likeness (QED) is 0.310. The van der Waals surface area contributed by atoms with Crippen molar-refractivity contribution < 1.29 is 24.0 Å². The fourth-order valence-electron chi connectivity index (χ4n) is 1.41. The van der Waals surface area contributed by atoms with Crippen LogP contribution in [0.5, 0.6) is 0 Å². The van der Waals surface area contributed by atoms with Crippen molar-refractivity contribution in [3.63, 3.8) is 0 Å². The minimum absolute atomic E-state index is 0.153. The summed E-state index contributed by atoms with van der Waals surface area (Å²) in [7, 11) is -2.53. The summed E-state index contributed by atoms with van der Waals surface area (Å²) < 4.78 is 14.6. The van der Waals surface area contributed by atoms with Gasteiger partial charge in [0, 0.05) is 0 Å². The summed E-state index contributed by atoms with van der Waals surface area (Å²) in [5.74, 6) is 0.153. The topological polar surface area (TPSA) is 99.0 Å². The number of hydrogen-bond acceptors (Lipinski definition) is 4. The summed E-state index contributed by atoms with van der Waals surface area (Å²) in [5.41, 5.74) is 0. The van der Waals surface area contributed by atoms with Crippen LogP contribution in [0.4, 0.5) is 0 Å². The highest BCUT2D eigenvalue weighted by atomic mass is 31.2. The van der Waals surface area contributed by atoms with Crippen LogP contribution in [0, 0.1) is 0 Å². The molecular formula is C5H13BNO5P. The highest BCUT2D eigenvalue weighted by Crippen LogP contribution is 2.36. The Labute approximate surface area is 76.9 Å². The molecule has 13 heavy (non-hydrogen) atoms. The van der Waals surface area contributed by atoms with E-state index in [1.54, 1.807) is 0 Å². The lowest BCUT2D eigenvalue weighted by atomic mass is 9.95. The zero-order valence-electron chi connectivity index (χ0n) is 7.25. The molecule has 0 amide bonds. The van der Waals surface area contributed by atoms with Crippen molar-refractivity contribution >= 4 is 15.7 Å². The number of hydrogen-bond donors (Lipinski definition) is 4. The lowest BCUT2D eigenvalue weighted by molar-refractivity contribution is 0.111. The maximum atomic E-state index is 10.3. The van der Waals surface area contributed by atoms with Gasteiger partial charge in [0.25, 0.3) is 0 Å². The molecule has 1 heterocycles. The van der Waals surface area contributed by atoms with E-state index in [1.165, 1.54) is 0 Å². The van der Waals surface area contributed by atoms with Crippen LogP contribution in [-0.4, -0.2) is 47.4 Å². The average Bonchev–Trinajstić information content (AvgIpc) is 2.24. The van der Waals surface area contributed by atoms with Crippen molar-refractivity contribution in [1.29, 1.82) is 0 Å². The molecule has 0 aromatic carbocycles. The van der Waals surface area contributed by atoms with Crippen molar-refractivity contribution in [2.45, 2.75) is 24.5 Å². The average molecular weight is 209 g/mol. The van der Waals surface area contributed by atoms with E-state index in [1.807, 2.05) is 7.85 Å². The second kappa shape index (κ2) is 4.08. The predicted octanol–water partition coefficient (Wildman–Crippen LogP) is -2.22. The normalized spacial score (nSPS) is 35.2. The molecule has 1 aliphatic heterocycles. The second-order valence-corrected chi connectivity index (χ2v) is 4.50. The van der Waals surface area contributed by atoms with Crippen LogP contribution in [0.3, 0.4) is 0 Å². The molecule has 0 aliphatic carbocycles. The summed E-state index contributed by atoms with van der Waals surface area (Å²) >= 11 is 0. The summed E-state index contributed by atoms with van der Waals surface area (Å²) in [6, 6.07) is -0.386. The third-order valence-corrected chi connectivity index (χ3v) is 2.47. The number of rotatable bonds is 3. The monoisotopic (exact) mass is 209 g/mol. The fourth-order valence-corrected chi connectivity index (χ4v) is 1.76. The molecule has 0 saturated carbocycles. The highest BCUT2D eigenvalue weighted by Gasteiger charge is 2.31. The molecule has 4 N–H and O–H groups in total. The highest BCUT2D eigenvalue weighted by molar-refractivity contribution is 7.46. The van der Waals surface area contributed by atoms with Gasteiger partial charge in [0.15, 0.2) is 0 Å². The van der Waals surface area contributed by atoms with E-state index >= 15 is 0 Å². The van der Waals surface area contributed by atoms with Crippen LogP contribution in [0.25, 0.3) is 0 Å². The first-order valence-electron chi connectivity index (χ1n) is 4.02. The van der Waals surface area contributed by atoms with Gasteiger partial charge in [-0.1, -0.05) is 0 Å². The first-order chi connectivity index (χ1) is 5.88. The fraction of sp³-hybridized carbons (Fsp3) is 1.00. The zero-order valence-corrected chi connectivity index (χ0v) is 8.15. The van der Waals surface area contributed by atoms with E-state index in [4.69, 9.17) is 9.79 Å². The molecule has 1 aliphatic rings. The van der Waals surface area contributed by atoms with Crippen LogP contribution < -0.4 is 5.32 Å². The Bertz CT molecular complexity index is 221. The largest absolute Gasteiger partial charge is 0.469 e. The summed E-state index contributed by atoms with van der Waals surface area (Å²) in [5, 5.41) is 12.3. The minimum atomic E-state index is -4.42. The van der Waals surface area contributed by atoms with Gasteiger partial charge in [0.2, 0.25) is 0 Å². The lowest BCUT2D eigenvalue weighted by Crippen LogP contribution is -2.37. The summed E-state index contributed by atoms with van der Waals surface area (Å²) in [6.07, 6.45) is -0.0172. The molecule has 8 heteroatoms. The maximum absolute atomic E-state index is 10.3. The molecule has 0 spiro atoms. The van der Waals surface area contributed by atoms with E-state index in [0.29, 0.717) is 6.42 Å². The van der Waals surface area contributed by atoms with Gasteiger partial charge in [-0.3, -0.25) is 4.52 Å². The molecule has 1 rings (SSSR count). The molecule has 6 nitrogen and oxygen atoms in total. The Hall–Kier alpha value is 0.0949. The lowest BCUT2D eigenvalue weighted by Gasteiger charge is -2.15. The Balaban J connectivity index is 2.34.